The van der Waals surface area contributed by atoms with Gasteiger partial charge in [0.25, 0.3) is 0 Å². The van der Waals surface area contributed by atoms with Crippen molar-refractivity contribution in [2.75, 3.05) is 20.2 Å². The first kappa shape index (κ1) is 18.5. The molecule has 1 aliphatic rings. The van der Waals surface area contributed by atoms with Gasteiger partial charge in [-0.1, -0.05) is 37.3 Å². The lowest BCUT2D eigenvalue weighted by Crippen LogP contribution is -2.42. The van der Waals surface area contributed by atoms with Crippen LogP contribution in [0.1, 0.15) is 24.5 Å². The van der Waals surface area contributed by atoms with E-state index >= 15 is 0 Å². The van der Waals surface area contributed by atoms with Crippen molar-refractivity contribution in [3.63, 3.8) is 0 Å². The number of carboxylic acids is 1. The average Bonchev–Trinajstić information content (AvgIpc) is 2.61. The Morgan fingerprint density at radius 2 is 2.00 bits per heavy atom. The number of rotatable bonds is 5. The third-order valence-electron chi connectivity index (χ3n) is 5.22. The summed E-state index contributed by atoms with van der Waals surface area (Å²) in [7, 11) is 1.69. The molecule has 4 nitrogen and oxygen atoms in total. The van der Waals surface area contributed by atoms with E-state index in [0.29, 0.717) is 19.0 Å². The Morgan fingerprint density at radius 3 is 2.69 bits per heavy atom. The lowest BCUT2D eigenvalue weighted by molar-refractivity contribution is -0.144. The van der Waals surface area contributed by atoms with Crippen molar-refractivity contribution in [1.82, 2.24) is 4.90 Å². The maximum atomic E-state index is 11.4. The number of carbonyl (C=O) groups is 1. The molecule has 2 aromatic carbocycles. The Kier molecular flexibility index (Phi) is 5.62. The van der Waals surface area contributed by atoms with E-state index in [1.807, 2.05) is 12.1 Å². The van der Waals surface area contributed by atoms with Gasteiger partial charge >= 0.3 is 5.97 Å². The van der Waals surface area contributed by atoms with Crippen LogP contribution in [0, 0.1) is 18.8 Å². The number of methoxy groups -OCH3 is 1. The van der Waals surface area contributed by atoms with Gasteiger partial charge in [-0.05, 0) is 48.1 Å². The number of benzene rings is 2. The SMILES string of the molecule is COc1ccc(-c2ccccc2C)cc1CN1CC(C)CC(C(=O)O)C1. The molecule has 2 unspecified atom stereocenters. The molecule has 0 amide bonds. The first-order valence-electron chi connectivity index (χ1n) is 9.16. The second kappa shape index (κ2) is 7.92. The first-order chi connectivity index (χ1) is 12.5. The quantitative estimate of drug-likeness (QED) is 0.875. The zero-order valence-corrected chi connectivity index (χ0v) is 15.7. The van der Waals surface area contributed by atoms with Crippen LogP contribution in [-0.4, -0.2) is 36.2 Å². The van der Waals surface area contributed by atoms with Gasteiger partial charge in [0.05, 0.1) is 13.0 Å². The molecule has 1 N–H and O–H groups in total. The van der Waals surface area contributed by atoms with Gasteiger partial charge in [0, 0.05) is 25.2 Å². The number of hydrogen-bond acceptors (Lipinski definition) is 3. The van der Waals surface area contributed by atoms with Gasteiger partial charge in [-0.3, -0.25) is 9.69 Å². The number of aliphatic carboxylic acids is 1. The van der Waals surface area contributed by atoms with Crippen molar-refractivity contribution in [3.05, 3.63) is 53.6 Å². The van der Waals surface area contributed by atoms with Crippen LogP contribution in [0.15, 0.2) is 42.5 Å². The van der Waals surface area contributed by atoms with Gasteiger partial charge in [0.2, 0.25) is 0 Å². The summed E-state index contributed by atoms with van der Waals surface area (Å²) in [5.74, 6) is 0.259. The standard InChI is InChI=1S/C22H27NO3/c1-15-10-19(22(24)25)14-23(12-15)13-18-11-17(8-9-21(18)26-3)20-7-5-4-6-16(20)2/h4-9,11,15,19H,10,12-14H2,1-3H3,(H,24,25). The van der Waals surface area contributed by atoms with E-state index in [1.165, 1.54) is 16.7 Å². The van der Waals surface area contributed by atoms with E-state index < -0.39 is 5.97 Å². The molecule has 0 aromatic heterocycles. The van der Waals surface area contributed by atoms with Crippen LogP contribution in [0.25, 0.3) is 11.1 Å². The van der Waals surface area contributed by atoms with Gasteiger partial charge < -0.3 is 9.84 Å². The average molecular weight is 353 g/mol. The number of likely N-dealkylation sites (tertiary alicyclic amines) is 1. The van der Waals surface area contributed by atoms with Gasteiger partial charge in [-0.15, -0.1) is 0 Å². The van der Waals surface area contributed by atoms with E-state index in [-0.39, 0.29) is 5.92 Å². The van der Waals surface area contributed by atoms with Crippen molar-refractivity contribution >= 4 is 5.97 Å². The Bertz CT molecular complexity index is 787. The summed E-state index contributed by atoms with van der Waals surface area (Å²) in [4.78, 5) is 13.7. The number of aryl methyl sites for hydroxylation is 1. The number of ether oxygens (including phenoxy) is 1. The molecule has 1 saturated heterocycles. The molecule has 1 aliphatic heterocycles. The summed E-state index contributed by atoms with van der Waals surface area (Å²) in [5.41, 5.74) is 4.72. The highest BCUT2D eigenvalue weighted by Gasteiger charge is 2.29. The van der Waals surface area contributed by atoms with Crippen LogP contribution in [0.5, 0.6) is 5.75 Å². The summed E-state index contributed by atoms with van der Waals surface area (Å²) in [6.07, 6.45) is 0.756. The Labute approximate surface area is 155 Å². The predicted molar refractivity (Wildman–Crippen MR) is 103 cm³/mol. The van der Waals surface area contributed by atoms with Crippen molar-refractivity contribution < 1.29 is 14.6 Å². The fourth-order valence-electron chi connectivity index (χ4n) is 3.98. The second-order valence-electron chi connectivity index (χ2n) is 7.41. The normalized spacial score (nSPS) is 20.7. The van der Waals surface area contributed by atoms with Crippen molar-refractivity contribution in [2.45, 2.75) is 26.8 Å². The molecule has 2 aromatic rings. The lowest BCUT2D eigenvalue weighted by Gasteiger charge is -2.35. The molecule has 0 radical (unpaired) electrons. The van der Waals surface area contributed by atoms with Crippen molar-refractivity contribution in [1.29, 1.82) is 0 Å². The molecule has 0 spiro atoms. The van der Waals surface area contributed by atoms with Crippen molar-refractivity contribution in [2.24, 2.45) is 11.8 Å². The van der Waals surface area contributed by atoms with Crippen LogP contribution in [0.4, 0.5) is 0 Å². The minimum absolute atomic E-state index is 0.288. The summed E-state index contributed by atoms with van der Waals surface area (Å²) in [5, 5.41) is 9.41. The highest BCUT2D eigenvalue weighted by atomic mass is 16.5. The summed E-state index contributed by atoms with van der Waals surface area (Å²) in [6, 6.07) is 14.6. The molecule has 26 heavy (non-hydrogen) atoms. The topological polar surface area (TPSA) is 49.8 Å². The monoisotopic (exact) mass is 353 g/mol. The number of piperidine rings is 1. The molecule has 3 rings (SSSR count). The van der Waals surface area contributed by atoms with E-state index in [9.17, 15) is 9.90 Å². The van der Waals surface area contributed by atoms with Gasteiger partial charge in [-0.25, -0.2) is 0 Å². The summed E-state index contributed by atoms with van der Waals surface area (Å²) in [6.45, 7) is 6.46. The fraction of sp³-hybridized carbons (Fsp3) is 0.409. The Hall–Kier alpha value is -2.33. The number of carboxylic acid groups (broad SMARTS) is 1. The van der Waals surface area contributed by atoms with Crippen molar-refractivity contribution in [3.8, 4) is 16.9 Å². The van der Waals surface area contributed by atoms with Crippen LogP contribution in [0.3, 0.4) is 0 Å². The summed E-state index contributed by atoms with van der Waals surface area (Å²) < 4.78 is 5.57. The maximum Gasteiger partial charge on any atom is 0.307 e. The second-order valence-corrected chi connectivity index (χ2v) is 7.41. The van der Waals surface area contributed by atoms with Gasteiger partial charge in [-0.2, -0.15) is 0 Å². The zero-order chi connectivity index (χ0) is 18.7. The van der Waals surface area contributed by atoms with Crippen LogP contribution in [-0.2, 0) is 11.3 Å². The highest BCUT2D eigenvalue weighted by molar-refractivity contribution is 5.70. The minimum atomic E-state index is -0.692. The molecule has 1 fully saturated rings. The van der Waals surface area contributed by atoms with E-state index in [2.05, 4.69) is 49.1 Å². The molecular formula is C22H27NO3. The zero-order valence-electron chi connectivity index (χ0n) is 15.7. The molecule has 0 aliphatic carbocycles. The van der Waals surface area contributed by atoms with Crippen LogP contribution in [0.2, 0.25) is 0 Å². The van der Waals surface area contributed by atoms with E-state index in [4.69, 9.17) is 4.74 Å². The lowest BCUT2D eigenvalue weighted by atomic mass is 9.90. The first-order valence-corrected chi connectivity index (χ1v) is 9.16. The Balaban J connectivity index is 1.88. The van der Waals surface area contributed by atoms with E-state index in [0.717, 1.165) is 24.3 Å². The molecule has 2 atom stereocenters. The minimum Gasteiger partial charge on any atom is -0.496 e. The largest absolute Gasteiger partial charge is 0.496 e. The molecular weight excluding hydrogens is 326 g/mol. The van der Waals surface area contributed by atoms with Crippen LogP contribution < -0.4 is 4.74 Å². The molecule has 4 heteroatoms. The van der Waals surface area contributed by atoms with Crippen LogP contribution >= 0.6 is 0 Å². The van der Waals surface area contributed by atoms with Gasteiger partial charge in [0.1, 0.15) is 5.75 Å². The third kappa shape index (κ3) is 4.07. The predicted octanol–water partition coefficient (Wildman–Crippen LogP) is 4.21. The Morgan fingerprint density at radius 1 is 1.23 bits per heavy atom. The molecule has 1 heterocycles. The number of hydrogen-bond donors (Lipinski definition) is 1. The third-order valence-corrected chi connectivity index (χ3v) is 5.22. The molecule has 0 saturated carbocycles. The summed E-state index contributed by atoms with van der Waals surface area (Å²) >= 11 is 0. The van der Waals surface area contributed by atoms with Gasteiger partial charge in [0.15, 0.2) is 0 Å². The van der Waals surface area contributed by atoms with E-state index in [1.54, 1.807) is 7.11 Å². The highest BCUT2D eigenvalue weighted by Crippen LogP contribution is 2.31. The number of nitrogens with zero attached hydrogens (tertiary/aromatic N) is 1. The fourth-order valence-corrected chi connectivity index (χ4v) is 3.98. The molecule has 0 bridgehead atoms. The molecule has 138 valence electrons. The smallest absolute Gasteiger partial charge is 0.307 e. The maximum absolute atomic E-state index is 11.4.